The third-order valence-electron chi connectivity index (χ3n) is 13.4. The SMILES string of the molecule is CC/C=C\C/C=C\C/C=C\C/C=C\C/C=C\C/C=C\C/C=C\C/C=C\CCCCCCCCC(=O)OC(COC(=O)CCCCCCCCCCCCCCCCCCCCCCC)COC(OCC[N+](C)(C)C)C(=O)O. The maximum Gasteiger partial charge on any atom is 0.361 e. The summed E-state index contributed by atoms with van der Waals surface area (Å²) in [5, 5.41) is 9.72. The Bertz CT molecular complexity index is 1580. The molecule has 0 rings (SSSR count). The molecule has 0 heterocycles. The molecule has 0 saturated heterocycles. The van der Waals surface area contributed by atoms with E-state index in [1.807, 2.05) is 21.1 Å². The number of carbonyl (C=O) groups is 3. The predicted octanol–water partition coefficient (Wildman–Crippen LogP) is 18.9. The van der Waals surface area contributed by atoms with Gasteiger partial charge >= 0.3 is 17.9 Å². The van der Waals surface area contributed by atoms with E-state index in [0.29, 0.717) is 23.9 Å². The molecule has 0 saturated carbocycles. The van der Waals surface area contributed by atoms with E-state index in [4.69, 9.17) is 18.9 Å². The molecule has 2 atom stereocenters. The first-order valence-electron chi connectivity index (χ1n) is 31.4. The number of carbonyl (C=O) groups excluding carboxylic acids is 2. The van der Waals surface area contributed by atoms with Gasteiger partial charge in [0, 0.05) is 12.8 Å². The van der Waals surface area contributed by atoms with Crippen molar-refractivity contribution in [3.63, 3.8) is 0 Å². The van der Waals surface area contributed by atoms with Crippen molar-refractivity contribution in [3.05, 3.63) is 97.2 Å². The number of hydrogen-bond donors (Lipinski definition) is 1. The fourth-order valence-electron chi connectivity index (χ4n) is 8.56. The molecule has 77 heavy (non-hydrogen) atoms. The van der Waals surface area contributed by atoms with Gasteiger partial charge in [-0.2, -0.15) is 0 Å². The number of carboxylic acids is 1. The number of hydrogen-bond acceptors (Lipinski definition) is 7. The monoisotopic (exact) mass is 1080 g/mol. The highest BCUT2D eigenvalue weighted by atomic mass is 16.7. The third kappa shape index (κ3) is 59.7. The van der Waals surface area contributed by atoms with Crippen LogP contribution in [0.2, 0.25) is 0 Å². The molecular formula is C68H118NO8+. The average Bonchev–Trinajstić information content (AvgIpc) is 3.40. The van der Waals surface area contributed by atoms with Crippen molar-refractivity contribution in [2.45, 2.75) is 270 Å². The summed E-state index contributed by atoms with van der Waals surface area (Å²) in [5.74, 6) is -2.02. The van der Waals surface area contributed by atoms with Gasteiger partial charge in [-0.1, -0.05) is 265 Å². The van der Waals surface area contributed by atoms with Crippen LogP contribution in [0.15, 0.2) is 97.2 Å². The van der Waals surface area contributed by atoms with Gasteiger partial charge in [0.05, 0.1) is 34.4 Å². The highest BCUT2D eigenvalue weighted by molar-refractivity contribution is 5.71. The minimum atomic E-state index is -1.52. The second-order valence-corrected chi connectivity index (χ2v) is 22.0. The first-order chi connectivity index (χ1) is 37.6. The number of rotatable bonds is 57. The van der Waals surface area contributed by atoms with Crippen molar-refractivity contribution in [1.82, 2.24) is 0 Å². The van der Waals surface area contributed by atoms with Crippen molar-refractivity contribution in [2.24, 2.45) is 0 Å². The van der Waals surface area contributed by atoms with Crippen LogP contribution in [0.1, 0.15) is 258 Å². The predicted molar refractivity (Wildman–Crippen MR) is 327 cm³/mol. The van der Waals surface area contributed by atoms with Gasteiger partial charge in [-0.15, -0.1) is 0 Å². The summed E-state index contributed by atoms with van der Waals surface area (Å²) < 4.78 is 22.9. The molecule has 2 unspecified atom stereocenters. The second kappa shape index (κ2) is 58.4. The summed E-state index contributed by atoms with van der Waals surface area (Å²) in [7, 11) is 5.96. The smallest absolute Gasteiger partial charge is 0.361 e. The van der Waals surface area contributed by atoms with E-state index in [0.717, 1.165) is 109 Å². The summed E-state index contributed by atoms with van der Waals surface area (Å²) in [4.78, 5) is 37.5. The molecule has 9 nitrogen and oxygen atoms in total. The van der Waals surface area contributed by atoms with Crippen molar-refractivity contribution in [3.8, 4) is 0 Å². The van der Waals surface area contributed by atoms with Gasteiger partial charge in [0.1, 0.15) is 13.2 Å². The van der Waals surface area contributed by atoms with Crippen LogP contribution < -0.4 is 0 Å². The highest BCUT2D eigenvalue weighted by Gasteiger charge is 2.25. The van der Waals surface area contributed by atoms with E-state index < -0.39 is 24.3 Å². The minimum absolute atomic E-state index is 0.181. The lowest BCUT2D eigenvalue weighted by molar-refractivity contribution is -0.870. The maximum absolute atomic E-state index is 12.9. The van der Waals surface area contributed by atoms with Gasteiger partial charge < -0.3 is 28.5 Å². The van der Waals surface area contributed by atoms with Gasteiger partial charge in [-0.05, 0) is 77.0 Å². The van der Waals surface area contributed by atoms with Crippen LogP contribution in [-0.4, -0.2) is 87.4 Å². The standard InChI is InChI=1S/C68H117NO8/c1-6-8-10-12-14-16-18-20-22-24-26-28-29-30-31-32-33-34-35-36-37-39-41-43-45-47-49-51-53-55-57-59-66(71)77-64(63-76-68(67(72)73)74-61-60-69(3,4)5)62-75-65(70)58-56-54-52-50-48-46-44-42-40-38-27-25-23-21-19-17-15-13-11-9-7-2/h8,10,14,16,20,22,26,28,30-31,33-34,36-37,41,43,64,68H,6-7,9,11-13,15,17-19,21,23-25,27,29,32,35,38-40,42,44-63H2,1-5H3/p+1/b10-8-,16-14-,22-20-,28-26-,31-30-,34-33-,37-36-,43-41-. The quantitative estimate of drug-likeness (QED) is 0.0211. The number of unbranched alkanes of at least 4 members (excludes halogenated alkanes) is 26. The number of nitrogens with zero attached hydrogens (tertiary/aromatic N) is 1. The highest BCUT2D eigenvalue weighted by Crippen LogP contribution is 2.17. The van der Waals surface area contributed by atoms with E-state index >= 15 is 0 Å². The Labute approximate surface area is 473 Å². The van der Waals surface area contributed by atoms with Crippen LogP contribution in [0.4, 0.5) is 0 Å². The summed E-state index contributed by atoms with van der Waals surface area (Å²) in [6.07, 6.45) is 76.3. The Hall–Kier alpha value is -3.79. The minimum Gasteiger partial charge on any atom is -0.477 e. The zero-order chi connectivity index (χ0) is 56.2. The molecule has 0 aliphatic heterocycles. The largest absolute Gasteiger partial charge is 0.477 e. The normalized spacial score (nSPS) is 13.4. The fraction of sp³-hybridized carbons (Fsp3) is 0.721. The number of esters is 2. The van der Waals surface area contributed by atoms with Crippen LogP contribution >= 0.6 is 0 Å². The molecule has 0 aromatic heterocycles. The topological polar surface area (TPSA) is 108 Å². The Morgan fingerprint density at radius 3 is 1.10 bits per heavy atom. The molecule has 0 spiro atoms. The Morgan fingerprint density at radius 2 is 0.740 bits per heavy atom. The number of quaternary nitrogens is 1. The number of ether oxygens (including phenoxy) is 4. The molecule has 9 heteroatoms. The molecule has 0 radical (unpaired) electrons. The Morgan fingerprint density at radius 1 is 0.403 bits per heavy atom. The van der Waals surface area contributed by atoms with E-state index in [1.54, 1.807) is 0 Å². The van der Waals surface area contributed by atoms with Crippen molar-refractivity contribution >= 4 is 17.9 Å². The van der Waals surface area contributed by atoms with E-state index in [9.17, 15) is 19.5 Å². The van der Waals surface area contributed by atoms with Gasteiger partial charge in [-0.25, -0.2) is 4.79 Å². The van der Waals surface area contributed by atoms with Gasteiger partial charge in [0.25, 0.3) is 6.29 Å². The van der Waals surface area contributed by atoms with E-state index in [2.05, 4.69) is 111 Å². The molecule has 0 aliphatic carbocycles. The summed E-state index contributed by atoms with van der Waals surface area (Å²) >= 11 is 0. The van der Waals surface area contributed by atoms with Crippen LogP contribution in [0, 0.1) is 0 Å². The molecule has 0 amide bonds. The number of allylic oxidation sites excluding steroid dienone is 16. The van der Waals surface area contributed by atoms with Crippen LogP contribution in [0.3, 0.4) is 0 Å². The van der Waals surface area contributed by atoms with E-state index in [-0.39, 0.29) is 32.2 Å². The fourth-order valence-corrected chi connectivity index (χ4v) is 8.56. The Kier molecular flexibility index (Phi) is 55.5. The zero-order valence-electron chi connectivity index (χ0n) is 50.3. The summed E-state index contributed by atoms with van der Waals surface area (Å²) in [5.41, 5.74) is 0. The molecule has 0 bridgehead atoms. The van der Waals surface area contributed by atoms with Gasteiger partial charge in [0.2, 0.25) is 0 Å². The average molecular weight is 1080 g/mol. The molecule has 442 valence electrons. The molecule has 0 aromatic rings. The van der Waals surface area contributed by atoms with Crippen molar-refractivity contribution in [1.29, 1.82) is 0 Å². The third-order valence-corrected chi connectivity index (χ3v) is 13.4. The summed E-state index contributed by atoms with van der Waals surface area (Å²) in [6, 6.07) is 0. The molecular weight excluding hydrogens is 959 g/mol. The van der Waals surface area contributed by atoms with Crippen molar-refractivity contribution in [2.75, 3.05) is 47.5 Å². The number of likely N-dealkylation sites (N-methyl/N-ethyl adjacent to an activating group) is 1. The van der Waals surface area contributed by atoms with Crippen LogP contribution in [0.5, 0.6) is 0 Å². The Balaban J connectivity index is 4.26. The van der Waals surface area contributed by atoms with Crippen molar-refractivity contribution < 1.29 is 42.9 Å². The lowest BCUT2D eigenvalue weighted by Gasteiger charge is -2.25. The lowest BCUT2D eigenvalue weighted by atomic mass is 10.0. The van der Waals surface area contributed by atoms with Gasteiger partial charge in [0.15, 0.2) is 6.10 Å². The van der Waals surface area contributed by atoms with Gasteiger partial charge in [-0.3, -0.25) is 9.59 Å². The summed E-state index contributed by atoms with van der Waals surface area (Å²) in [6.45, 7) is 4.77. The van der Waals surface area contributed by atoms with Crippen LogP contribution in [0.25, 0.3) is 0 Å². The second-order valence-electron chi connectivity index (χ2n) is 22.0. The first-order valence-corrected chi connectivity index (χ1v) is 31.4. The van der Waals surface area contributed by atoms with E-state index in [1.165, 1.54) is 116 Å². The molecule has 0 aliphatic rings. The first kappa shape index (κ1) is 73.2. The molecule has 1 N–H and O–H groups in total. The number of aliphatic carboxylic acids is 1. The molecule has 0 fully saturated rings. The zero-order valence-corrected chi connectivity index (χ0v) is 50.3. The number of carboxylic acid groups (broad SMARTS) is 1. The molecule has 0 aromatic carbocycles. The van der Waals surface area contributed by atoms with Crippen LogP contribution in [-0.2, 0) is 33.3 Å². The maximum atomic E-state index is 12.9. The lowest BCUT2D eigenvalue weighted by Crippen LogP contribution is -2.40.